The van der Waals surface area contributed by atoms with E-state index in [-0.39, 0.29) is 11.3 Å². The van der Waals surface area contributed by atoms with Crippen molar-refractivity contribution in [1.29, 1.82) is 0 Å². The molecule has 4 aliphatic carbocycles. The molecule has 4 rings (SSSR count). The highest BCUT2D eigenvalue weighted by Crippen LogP contribution is 2.67. The molecular formula is C28H46O3. The minimum atomic E-state index is -0.732. The summed E-state index contributed by atoms with van der Waals surface area (Å²) in [6.07, 6.45) is 10.2. The number of fused-ring (bicyclic) bond motifs is 5. The van der Waals surface area contributed by atoms with E-state index in [0.717, 1.165) is 0 Å². The van der Waals surface area contributed by atoms with Crippen molar-refractivity contribution in [3.63, 3.8) is 0 Å². The molecule has 0 bridgehead atoms. The van der Waals surface area contributed by atoms with Crippen molar-refractivity contribution in [3.8, 4) is 0 Å². The highest BCUT2D eigenvalue weighted by atomic mass is 16.3. The Morgan fingerprint density at radius 1 is 0.935 bits per heavy atom. The van der Waals surface area contributed by atoms with E-state index >= 15 is 0 Å². The summed E-state index contributed by atoms with van der Waals surface area (Å²) in [5.74, 6) is 4.48. The average molecular weight is 431 g/mol. The first kappa shape index (κ1) is 23.5. The molecule has 0 amide bonds. The second-order valence-corrected chi connectivity index (χ2v) is 12.8. The maximum absolute atomic E-state index is 13.3. The number of ketones is 1. The number of allylic oxidation sites excluding steroid dienone is 2. The van der Waals surface area contributed by atoms with Crippen LogP contribution in [0, 0.1) is 58.2 Å². The van der Waals surface area contributed by atoms with Gasteiger partial charge in [0.1, 0.15) is 5.78 Å². The van der Waals surface area contributed by atoms with E-state index in [1.165, 1.54) is 25.7 Å². The van der Waals surface area contributed by atoms with E-state index in [9.17, 15) is 15.0 Å². The maximum Gasteiger partial charge on any atom is 0.136 e. The van der Waals surface area contributed by atoms with E-state index < -0.39 is 12.2 Å². The van der Waals surface area contributed by atoms with Crippen LogP contribution < -0.4 is 0 Å². The average Bonchev–Trinajstić information content (AvgIpc) is 3.05. The van der Waals surface area contributed by atoms with Crippen LogP contribution in [0.2, 0.25) is 0 Å². The molecule has 4 aliphatic rings. The first-order valence-electron chi connectivity index (χ1n) is 13.1. The summed E-state index contributed by atoms with van der Waals surface area (Å²) in [6, 6.07) is 0. The van der Waals surface area contributed by atoms with Gasteiger partial charge in [0.15, 0.2) is 0 Å². The Kier molecular flexibility index (Phi) is 6.27. The summed E-state index contributed by atoms with van der Waals surface area (Å²) in [5, 5.41) is 20.7. The zero-order chi connectivity index (χ0) is 22.7. The molecule has 3 heteroatoms. The Morgan fingerprint density at radius 3 is 2.29 bits per heavy atom. The first-order valence-corrected chi connectivity index (χ1v) is 13.1. The van der Waals surface area contributed by atoms with Gasteiger partial charge in [-0.3, -0.25) is 4.79 Å². The van der Waals surface area contributed by atoms with Crippen LogP contribution in [0.3, 0.4) is 0 Å². The molecule has 0 radical (unpaired) electrons. The minimum Gasteiger partial charge on any atom is -0.390 e. The summed E-state index contributed by atoms with van der Waals surface area (Å²) in [6.45, 7) is 14.1. The van der Waals surface area contributed by atoms with Gasteiger partial charge >= 0.3 is 0 Å². The van der Waals surface area contributed by atoms with E-state index in [1.807, 2.05) is 0 Å². The quantitative estimate of drug-likeness (QED) is 0.567. The number of carbonyl (C=O) groups excluding carboxylic acids is 1. The fourth-order valence-corrected chi connectivity index (χ4v) is 8.68. The van der Waals surface area contributed by atoms with Gasteiger partial charge in [0.2, 0.25) is 0 Å². The molecule has 176 valence electrons. The fourth-order valence-electron chi connectivity index (χ4n) is 8.68. The van der Waals surface area contributed by atoms with Crippen LogP contribution >= 0.6 is 0 Å². The molecule has 0 spiro atoms. The lowest BCUT2D eigenvalue weighted by Crippen LogP contribution is -2.59. The van der Waals surface area contributed by atoms with Gasteiger partial charge < -0.3 is 10.2 Å². The summed E-state index contributed by atoms with van der Waals surface area (Å²) in [7, 11) is 0. The molecule has 0 aromatic rings. The van der Waals surface area contributed by atoms with Crippen LogP contribution in [0.1, 0.15) is 86.5 Å². The predicted molar refractivity (Wildman–Crippen MR) is 125 cm³/mol. The van der Waals surface area contributed by atoms with Gasteiger partial charge in [-0.2, -0.15) is 0 Å². The lowest BCUT2D eigenvalue weighted by Gasteiger charge is -2.60. The zero-order valence-corrected chi connectivity index (χ0v) is 20.7. The highest BCUT2D eigenvalue weighted by molar-refractivity contribution is 5.83. The fraction of sp³-hybridized carbons (Fsp3) is 0.893. The van der Waals surface area contributed by atoms with E-state index in [1.54, 1.807) is 0 Å². The highest BCUT2D eigenvalue weighted by Gasteiger charge is 2.63. The molecule has 4 fully saturated rings. The van der Waals surface area contributed by atoms with Gasteiger partial charge in [-0.1, -0.05) is 53.7 Å². The smallest absolute Gasteiger partial charge is 0.136 e. The van der Waals surface area contributed by atoms with E-state index in [2.05, 4.69) is 53.7 Å². The molecule has 3 nitrogen and oxygen atoms in total. The van der Waals surface area contributed by atoms with Gasteiger partial charge in [-0.05, 0) is 90.8 Å². The van der Waals surface area contributed by atoms with Crippen molar-refractivity contribution in [1.82, 2.24) is 0 Å². The van der Waals surface area contributed by atoms with Crippen LogP contribution in [-0.4, -0.2) is 28.2 Å². The summed E-state index contributed by atoms with van der Waals surface area (Å²) in [4.78, 5) is 13.3. The number of hydrogen-bond acceptors (Lipinski definition) is 3. The molecule has 4 saturated carbocycles. The van der Waals surface area contributed by atoms with Crippen LogP contribution in [0.15, 0.2) is 12.2 Å². The Bertz CT molecular complexity index is 713. The van der Waals surface area contributed by atoms with E-state index in [0.29, 0.717) is 71.9 Å². The topological polar surface area (TPSA) is 57.5 Å². The molecule has 0 aliphatic heterocycles. The van der Waals surface area contributed by atoms with E-state index in [4.69, 9.17) is 0 Å². The van der Waals surface area contributed by atoms with Crippen molar-refractivity contribution in [2.45, 2.75) is 98.7 Å². The molecule has 0 saturated heterocycles. The third-order valence-corrected chi connectivity index (χ3v) is 11.0. The number of carbonyl (C=O) groups is 1. The third kappa shape index (κ3) is 3.76. The van der Waals surface area contributed by atoms with Crippen molar-refractivity contribution in [2.24, 2.45) is 58.2 Å². The second kappa shape index (κ2) is 8.28. The lowest BCUT2D eigenvalue weighted by atomic mass is 9.44. The van der Waals surface area contributed by atoms with Gasteiger partial charge in [0.05, 0.1) is 12.2 Å². The van der Waals surface area contributed by atoms with Crippen molar-refractivity contribution >= 4 is 5.78 Å². The summed E-state index contributed by atoms with van der Waals surface area (Å²) in [5.41, 5.74) is 0.179. The number of aliphatic hydroxyl groups excluding tert-OH is 2. The maximum atomic E-state index is 13.3. The Morgan fingerprint density at radius 2 is 1.61 bits per heavy atom. The van der Waals surface area contributed by atoms with Crippen LogP contribution in [0.25, 0.3) is 0 Å². The molecule has 31 heavy (non-hydrogen) atoms. The molecule has 2 N–H and O–H groups in total. The number of rotatable bonds is 4. The molecule has 0 aromatic heterocycles. The van der Waals surface area contributed by atoms with Crippen molar-refractivity contribution < 1.29 is 15.0 Å². The molecule has 2 unspecified atom stereocenters. The largest absolute Gasteiger partial charge is 0.390 e. The zero-order valence-electron chi connectivity index (χ0n) is 20.7. The van der Waals surface area contributed by atoms with Crippen molar-refractivity contribution in [3.05, 3.63) is 12.2 Å². The van der Waals surface area contributed by atoms with Crippen LogP contribution in [-0.2, 0) is 4.79 Å². The van der Waals surface area contributed by atoms with Gasteiger partial charge in [-0.25, -0.2) is 0 Å². The van der Waals surface area contributed by atoms with Gasteiger partial charge in [0.25, 0.3) is 0 Å². The van der Waals surface area contributed by atoms with Gasteiger partial charge in [-0.15, -0.1) is 0 Å². The Hall–Kier alpha value is -0.670. The third-order valence-electron chi connectivity index (χ3n) is 11.0. The SMILES string of the molecule is CC(C)C(C)/C=C/C(C)[C@H]1CC[C@H]2[C@@H]3CC(=O)[C@H]4C[C@H](O)[C@H](O)C[C@]4(C)[C@H]3CC[C@]12C. The number of aliphatic hydroxyl groups is 2. The molecule has 0 heterocycles. The minimum absolute atomic E-state index is 0.0620. The number of Topliss-reactive ketones (excluding diaryl/α,β-unsaturated/α-hetero) is 1. The molecule has 0 aromatic carbocycles. The lowest BCUT2D eigenvalue weighted by molar-refractivity contribution is -0.173. The molecule has 11 atom stereocenters. The Labute approximate surface area is 190 Å². The standard InChI is InChI=1S/C28H46O3/c1-16(2)17(3)7-8-18(4)20-9-10-21-19-13-24(29)23-14-25(30)26(31)15-28(23,6)22(19)11-12-27(20,21)5/h7-8,16-23,25-26,30-31H,9-15H2,1-6H3/b8-7+/t17?,18?,19-,20+,21-,22-,23+,25-,26+,27+,28+/m0/s1. The van der Waals surface area contributed by atoms with Crippen LogP contribution in [0.4, 0.5) is 0 Å². The molecular weight excluding hydrogens is 384 g/mol. The van der Waals surface area contributed by atoms with Gasteiger partial charge in [0, 0.05) is 12.3 Å². The first-order chi connectivity index (χ1) is 14.5. The Balaban J connectivity index is 1.55. The summed E-state index contributed by atoms with van der Waals surface area (Å²) >= 11 is 0. The monoisotopic (exact) mass is 430 g/mol. The predicted octanol–water partition coefficient (Wildman–Crippen LogP) is 5.64. The second-order valence-electron chi connectivity index (χ2n) is 12.8. The van der Waals surface area contributed by atoms with Crippen LogP contribution in [0.5, 0.6) is 0 Å². The summed E-state index contributed by atoms with van der Waals surface area (Å²) < 4.78 is 0. The normalized spacial score (nSPS) is 49.6. The van der Waals surface area contributed by atoms with Crippen molar-refractivity contribution in [2.75, 3.05) is 0 Å². The number of hydrogen-bond donors (Lipinski definition) is 2.